The van der Waals surface area contributed by atoms with E-state index >= 15 is 0 Å². The number of nitrogens with one attached hydrogen (secondary N) is 1. The summed E-state index contributed by atoms with van der Waals surface area (Å²) in [6.07, 6.45) is 10.7. The van der Waals surface area contributed by atoms with Gasteiger partial charge in [0.2, 0.25) is 0 Å². The molecule has 0 aliphatic heterocycles. The van der Waals surface area contributed by atoms with E-state index in [1.165, 1.54) is 25.7 Å². The zero-order valence-corrected chi connectivity index (χ0v) is 14.9. The van der Waals surface area contributed by atoms with Crippen LogP contribution in [0.5, 0.6) is 0 Å². The summed E-state index contributed by atoms with van der Waals surface area (Å²) in [7, 11) is 0. The molecular weight excluding hydrogens is 324 g/mol. The van der Waals surface area contributed by atoms with Crippen LogP contribution in [0.3, 0.4) is 0 Å². The summed E-state index contributed by atoms with van der Waals surface area (Å²) in [6, 6.07) is 12.2. The third kappa shape index (κ3) is 3.62. The molecule has 5 heteroatoms. The fraction of sp³-hybridized carbons (Fsp3) is 0.381. The molecule has 3 aromatic rings. The Hall–Kier alpha value is -2.69. The zero-order chi connectivity index (χ0) is 17.8. The van der Waals surface area contributed by atoms with Crippen molar-refractivity contribution in [3.63, 3.8) is 0 Å². The highest BCUT2D eigenvalue weighted by Crippen LogP contribution is 2.20. The first-order valence-electron chi connectivity index (χ1n) is 9.46. The Morgan fingerprint density at radius 3 is 2.58 bits per heavy atom. The van der Waals surface area contributed by atoms with E-state index in [1.807, 2.05) is 36.4 Å². The van der Waals surface area contributed by atoms with Gasteiger partial charge in [0.15, 0.2) is 5.82 Å². The summed E-state index contributed by atoms with van der Waals surface area (Å²) in [5.41, 5.74) is 2.59. The van der Waals surface area contributed by atoms with Crippen molar-refractivity contribution in [1.82, 2.24) is 14.5 Å². The van der Waals surface area contributed by atoms with E-state index in [2.05, 4.69) is 15.3 Å². The first-order valence-corrected chi connectivity index (χ1v) is 9.46. The summed E-state index contributed by atoms with van der Waals surface area (Å²) in [4.78, 5) is 22.0. The van der Waals surface area contributed by atoms with Crippen molar-refractivity contribution >= 4 is 16.9 Å². The molecule has 0 bridgehead atoms. The van der Waals surface area contributed by atoms with Crippen LogP contribution in [0.25, 0.3) is 11.0 Å². The Bertz CT molecular complexity index is 928. The smallest absolute Gasteiger partial charge is 0.294 e. The highest BCUT2D eigenvalue weighted by Gasteiger charge is 2.17. The van der Waals surface area contributed by atoms with Crippen LogP contribution < -0.4 is 10.9 Å². The number of fused-ring (bicyclic) bond motifs is 1. The summed E-state index contributed by atoms with van der Waals surface area (Å²) in [6.45, 7) is 0.518. The van der Waals surface area contributed by atoms with Gasteiger partial charge in [0.05, 0.1) is 23.8 Å². The summed E-state index contributed by atoms with van der Waals surface area (Å²) < 4.78 is 1.78. The van der Waals surface area contributed by atoms with Gasteiger partial charge in [-0.1, -0.05) is 56.0 Å². The second-order valence-electron chi connectivity index (χ2n) is 7.03. The largest absolute Gasteiger partial charge is 0.363 e. The second kappa shape index (κ2) is 7.68. The maximum absolute atomic E-state index is 13.2. The van der Waals surface area contributed by atoms with Gasteiger partial charge in [0.1, 0.15) is 0 Å². The number of hydrogen-bond acceptors (Lipinski definition) is 4. The lowest BCUT2D eigenvalue weighted by molar-refractivity contribution is 0.615. The van der Waals surface area contributed by atoms with Crippen molar-refractivity contribution < 1.29 is 0 Å². The van der Waals surface area contributed by atoms with Crippen LogP contribution in [0.4, 0.5) is 5.82 Å². The standard InChI is InChI=1S/C21H24N4O/c26-21-20(23-17-10-6-1-2-7-11-17)24-18-12-13-22-14-19(18)25(21)15-16-8-4-3-5-9-16/h3-5,8-9,12-14,17H,1-2,6-7,10-11,15H2,(H,23,24). The van der Waals surface area contributed by atoms with E-state index in [9.17, 15) is 4.79 Å². The molecule has 0 radical (unpaired) electrons. The van der Waals surface area contributed by atoms with Crippen LogP contribution in [0, 0.1) is 0 Å². The Morgan fingerprint density at radius 2 is 1.81 bits per heavy atom. The second-order valence-corrected chi connectivity index (χ2v) is 7.03. The van der Waals surface area contributed by atoms with Crippen LogP contribution in [0.1, 0.15) is 44.1 Å². The van der Waals surface area contributed by atoms with Crippen molar-refractivity contribution in [2.45, 2.75) is 51.1 Å². The monoisotopic (exact) mass is 348 g/mol. The van der Waals surface area contributed by atoms with E-state index < -0.39 is 0 Å². The average molecular weight is 348 g/mol. The fourth-order valence-electron chi connectivity index (χ4n) is 3.72. The zero-order valence-electron chi connectivity index (χ0n) is 14.9. The first kappa shape index (κ1) is 16.8. The van der Waals surface area contributed by atoms with Crippen LogP contribution in [0.15, 0.2) is 53.6 Å². The minimum Gasteiger partial charge on any atom is -0.363 e. The molecule has 1 saturated carbocycles. The number of aromatic nitrogens is 3. The van der Waals surface area contributed by atoms with E-state index in [-0.39, 0.29) is 5.56 Å². The minimum atomic E-state index is -0.0707. The number of nitrogens with zero attached hydrogens (tertiary/aromatic N) is 3. The van der Waals surface area contributed by atoms with Crippen molar-refractivity contribution in [1.29, 1.82) is 0 Å². The SMILES string of the molecule is O=c1c(NC2CCCCCC2)nc2ccncc2n1Cc1ccccc1. The Morgan fingerprint density at radius 1 is 1.04 bits per heavy atom. The molecular formula is C21H24N4O. The van der Waals surface area contributed by atoms with Gasteiger partial charge in [-0.3, -0.25) is 14.3 Å². The number of hydrogen-bond donors (Lipinski definition) is 1. The van der Waals surface area contributed by atoms with Gasteiger partial charge in [0, 0.05) is 12.2 Å². The molecule has 0 saturated heterocycles. The van der Waals surface area contributed by atoms with E-state index in [0.717, 1.165) is 29.4 Å². The molecule has 1 N–H and O–H groups in total. The van der Waals surface area contributed by atoms with Crippen molar-refractivity contribution in [2.75, 3.05) is 5.32 Å². The molecule has 0 spiro atoms. The van der Waals surface area contributed by atoms with Crippen LogP contribution in [0.2, 0.25) is 0 Å². The molecule has 134 valence electrons. The summed E-state index contributed by atoms with van der Waals surface area (Å²) >= 11 is 0. The molecule has 1 aliphatic carbocycles. The summed E-state index contributed by atoms with van der Waals surface area (Å²) in [5.74, 6) is 0.464. The fourth-order valence-corrected chi connectivity index (χ4v) is 3.72. The molecule has 1 aliphatic rings. The van der Waals surface area contributed by atoms with Crippen molar-refractivity contribution in [2.24, 2.45) is 0 Å². The molecule has 2 heterocycles. The summed E-state index contributed by atoms with van der Waals surface area (Å²) in [5, 5.41) is 3.44. The Kier molecular flexibility index (Phi) is 4.95. The number of anilines is 1. The number of rotatable bonds is 4. The molecule has 26 heavy (non-hydrogen) atoms. The lowest BCUT2D eigenvalue weighted by atomic mass is 10.1. The first-order chi connectivity index (χ1) is 12.8. The van der Waals surface area contributed by atoms with Crippen LogP contribution in [-0.2, 0) is 6.54 Å². The normalized spacial score (nSPS) is 15.7. The van der Waals surface area contributed by atoms with Gasteiger partial charge < -0.3 is 5.32 Å². The quantitative estimate of drug-likeness (QED) is 0.725. The predicted octanol–water partition coefficient (Wildman–Crippen LogP) is 3.97. The Balaban J connectivity index is 1.74. The highest BCUT2D eigenvalue weighted by molar-refractivity contribution is 5.75. The average Bonchev–Trinajstić information content (AvgIpc) is 2.95. The van der Waals surface area contributed by atoms with E-state index in [1.54, 1.807) is 17.0 Å². The minimum absolute atomic E-state index is 0.0707. The van der Waals surface area contributed by atoms with Gasteiger partial charge in [-0.2, -0.15) is 0 Å². The van der Waals surface area contributed by atoms with Crippen LogP contribution in [-0.4, -0.2) is 20.6 Å². The van der Waals surface area contributed by atoms with Crippen molar-refractivity contribution in [3.05, 3.63) is 64.7 Å². The third-order valence-electron chi connectivity index (χ3n) is 5.13. The van der Waals surface area contributed by atoms with Crippen molar-refractivity contribution in [3.8, 4) is 0 Å². The number of pyridine rings is 1. The molecule has 5 nitrogen and oxygen atoms in total. The number of benzene rings is 1. The molecule has 0 atom stereocenters. The molecule has 1 aromatic carbocycles. The molecule has 0 amide bonds. The Labute approximate surface area is 153 Å². The maximum Gasteiger partial charge on any atom is 0.294 e. The van der Waals surface area contributed by atoms with E-state index in [4.69, 9.17) is 0 Å². The maximum atomic E-state index is 13.2. The molecule has 0 unspecified atom stereocenters. The van der Waals surface area contributed by atoms with Gasteiger partial charge >= 0.3 is 0 Å². The van der Waals surface area contributed by atoms with Gasteiger partial charge in [0.25, 0.3) is 5.56 Å². The molecule has 1 fully saturated rings. The predicted molar refractivity (Wildman–Crippen MR) is 104 cm³/mol. The van der Waals surface area contributed by atoms with Crippen LogP contribution >= 0.6 is 0 Å². The lowest BCUT2D eigenvalue weighted by Gasteiger charge is -2.18. The topological polar surface area (TPSA) is 59.8 Å². The lowest BCUT2D eigenvalue weighted by Crippen LogP contribution is -2.30. The van der Waals surface area contributed by atoms with E-state index in [0.29, 0.717) is 18.4 Å². The molecule has 4 rings (SSSR count). The van der Waals surface area contributed by atoms with Gasteiger partial charge in [-0.25, -0.2) is 4.98 Å². The third-order valence-corrected chi connectivity index (χ3v) is 5.13. The highest BCUT2D eigenvalue weighted by atomic mass is 16.1. The van der Waals surface area contributed by atoms with Gasteiger partial charge in [-0.05, 0) is 24.5 Å². The molecule has 2 aromatic heterocycles. The van der Waals surface area contributed by atoms with Gasteiger partial charge in [-0.15, -0.1) is 0 Å².